The van der Waals surface area contributed by atoms with Crippen LogP contribution in [0.3, 0.4) is 0 Å². The number of hydrogen-bond donors (Lipinski definition) is 0. The van der Waals surface area contributed by atoms with Gasteiger partial charge < -0.3 is 9.47 Å². The molecule has 3 aliphatic rings. The molecule has 0 N–H and O–H groups in total. The molecule has 7 heteroatoms. The number of benzene rings is 2. The fourth-order valence-electron chi connectivity index (χ4n) is 6.14. The number of carbonyl (C=O) groups is 1. The van der Waals surface area contributed by atoms with E-state index in [-0.39, 0.29) is 24.1 Å². The van der Waals surface area contributed by atoms with E-state index in [1.165, 1.54) is 66.5 Å². The van der Waals surface area contributed by atoms with Gasteiger partial charge in [0.05, 0.1) is 12.1 Å². The number of carbonyl (C=O) groups excluding carboxylic acids is 1. The molecule has 1 saturated heterocycles. The SMILES string of the molecule is Cl.Cn1c2c(c3ccc(N4CCN(CCc5ccc(F)cc5)CC4=O)cc31)CN(C1CCC1)CCC2. The van der Waals surface area contributed by atoms with Crippen molar-refractivity contribution in [3.8, 4) is 0 Å². The number of halogens is 2. The monoisotopic (exact) mass is 510 g/mol. The maximum atomic E-state index is 13.1. The Kier molecular flexibility index (Phi) is 7.38. The van der Waals surface area contributed by atoms with Crippen LogP contribution in [-0.2, 0) is 31.2 Å². The number of hydrogen-bond acceptors (Lipinski definition) is 3. The number of anilines is 1. The largest absolute Gasteiger partial charge is 0.347 e. The summed E-state index contributed by atoms with van der Waals surface area (Å²) in [4.78, 5) is 20.0. The summed E-state index contributed by atoms with van der Waals surface area (Å²) >= 11 is 0. The minimum atomic E-state index is -0.208. The lowest BCUT2D eigenvalue weighted by atomic mass is 9.91. The third-order valence-corrected chi connectivity index (χ3v) is 8.47. The molecule has 0 atom stereocenters. The Labute approximate surface area is 219 Å². The number of amides is 1. The summed E-state index contributed by atoms with van der Waals surface area (Å²) in [5.41, 5.74) is 6.32. The molecule has 2 aliphatic heterocycles. The normalized spacial score (nSPS) is 19.6. The first kappa shape index (κ1) is 25.2. The van der Waals surface area contributed by atoms with Crippen LogP contribution in [0.2, 0.25) is 0 Å². The Bertz CT molecular complexity index is 1240. The van der Waals surface area contributed by atoms with Gasteiger partial charge in [-0.3, -0.25) is 14.6 Å². The highest BCUT2D eigenvalue weighted by atomic mass is 35.5. The Morgan fingerprint density at radius 2 is 1.78 bits per heavy atom. The van der Waals surface area contributed by atoms with Gasteiger partial charge in [0.1, 0.15) is 5.82 Å². The van der Waals surface area contributed by atoms with Crippen molar-refractivity contribution >= 4 is 34.9 Å². The number of rotatable bonds is 5. The molecule has 0 bridgehead atoms. The molecule has 0 unspecified atom stereocenters. The Balaban J connectivity index is 0.00000267. The van der Waals surface area contributed by atoms with Crippen molar-refractivity contribution < 1.29 is 9.18 Å². The second-order valence-corrected chi connectivity index (χ2v) is 10.5. The predicted octanol–water partition coefficient (Wildman–Crippen LogP) is 4.93. The van der Waals surface area contributed by atoms with Gasteiger partial charge in [-0.2, -0.15) is 0 Å². The Hall–Kier alpha value is -2.41. The van der Waals surface area contributed by atoms with Gasteiger partial charge in [0, 0.05) is 56.0 Å². The zero-order valence-electron chi connectivity index (χ0n) is 21.1. The summed E-state index contributed by atoms with van der Waals surface area (Å²) in [6.45, 7) is 5.06. The van der Waals surface area contributed by atoms with Gasteiger partial charge in [-0.25, -0.2) is 4.39 Å². The minimum Gasteiger partial charge on any atom is -0.347 e. The average molecular weight is 511 g/mol. The number of fused-ring (bicyclic) bond motifs is 3. The van der Waals surface area contributed by atoms with Crippen LogP contribution >= 0.6 is 12.4 Å². The van der Waals surface area contributed by atoms with Gasteiger partial charge in [0.25, 0.3) is 0 Å². The van der Waals surface area contributed by atoms with Crippen LogP contribution in [-0.4, -0.2) is 59.0 Å². The van der Waals surface area contributed by atoms with Crippen LogP contribution in [0.4, 0.5) is 10.1 Å². The first-order valence-corrected chi connectivity index (χ1v) is 13.2. The van der Waals surface area contributed by atoms with Crippen LogP contribution in [0.25, 0.3) is 10.9 Å². The Morgan fingerprint density at radius 1 is 0.972 bits per heavy atom. The summed E-state index contributed by atoms with van der Waals surface area (Å²) in [5.74, 6) is -0.0542. The minimum absolute atomic E-state index is 0. The second-order valence-electron chi connectivity index (χ2n) is 10.5. The van der Waals surface area contributed by atoms with E-state index < -0.39 is 0 Å². The van der Waals surface area contributed by atoms with Crippen LogP contribution in [0, 0.1) is 5.82 Å². The van der Waals surface area contributed by atoms with Crippen LogP contribution in [0.1, 0.15) is 42.5 Å². The third kappa shape index (κ3) is 4.79. The van der Waals surface area contributed by atoms with E-state index in [1.54, 1.807) is 0 Å². The quantitative estimate of drug-likeness (QED) is 0.487. The molecule has 1 amide bonds. The van der Waals surface area contributed by atoms with Gasteiger partial charge >= 0.3 is 0 Å². The van der Waals surface area contributed by atoms with Gasteiger partial charge in [0.15, 0.2) is 0 Å². The van der Waals surface area contributed by atoms with Crippen molar-refractivity contribution in [1.82, 2.24) is 14.4 Å². The first-order chi connectivity index (χ1) is 17.1. The summed E-state index contributed by atoms with van der Waals surface area (Å²) in [7, 11) is 2.19. The zero-order valence-corrected chi connectivity index (χ0v) is 21.9. The van der Waals surface area contributed by atoms with E-state index in [2.05, 4.69) is 39.6 Å². The molecule has 192 valence electrons. The molecular formula is C29H36ClFN4O. The lowest BCUT2D eigenvalue weighted by Gasteiger charge is -2.37. The second kappa shape index (κ2) is 10.5. The third-order valence-electron chi connectivity index (χ3n) is 8.47. The molecule has 1 aliphatic carbocycles. The van der Waals surface area contributed by atoms with Gasteiger partial charge in [-0.1, -0.05) is 24.6 Å². The van der Waals surface area contributed by atoms with Gasteiger partial charge in [0.2, 0.25) is 5.91 Å². The summed E-state index contributed by atoms with van der Waals surface area (Å²) in [6, 6.07) is 14.1. The highest BCUT2D eigenvalue weighted by Gasteiger charge is 2.30. The van der Waals surface area contributed by atoms with Crippen LogP contribution in [0.5, 0.6) is 0 Å². The van der Waals surface area contributed by atoms with Crippen molar-refractivity contribution in [2.24, 2.45) is 7.05 Å². The molecule has 1 aromatic heterocycles. The Morgan fingerprint density at radius 3 is 2.50 bits per heavy atom. The van der Waals surface area contributed by atoms with Crippen molar-refractivity contribution in [1.29, 1.82) is 0 Å². The molecule has 36 heavy (non-hydrogen) atoms. The highest BCUT2D eigenvalue weighted by molar-refractivity contribution is 5.98. The smallest absolute Gasteiger partial charge is 0.241 e. The van der Waals surface area contributed by atoms with E-state index in [1.807, 2.05) is 17.0 Å². The van der Waals surface area contributed by atoms with E-state index in [0.29, 0.717) is 13.1 Å². The number of aryl methyl sites for hydroxylation is 1. The molecule has 1 saturated carbocycles. The molecule has 2 fully saturated rings. The number of nitrogens with zero attached hydrogens (tertiary/aromatic N) is 4. The topological polar surface area (TPSA) is 31.7 Å². The lowest BCUT2D eigenvalue weighted by molar-refractivity contribution is -0.121. The predicted molar refractivity (Wildman–Crippen MR) is 145 cm³/mol. The lowest BCUT2D eigenvalue weighted by Crippen LogP contribution is -2.50. The maximum absolute atomic E-state index is 13.1. The number of piperazine rings is 1. The highest BCUT2D eigenvalue weighted by Crippen LogP contribution is 2.35. The van der Waals surface area contributed by atoms with E-state index in [0.717, 1.165) is 49.8 Å². The van der Waals surface area contributed by atoms with Crippen molar-refractivity contribution in [3.05, 3.63) is 65.1 Å². The standard InChI is InChI=1S/C29H35FN4O.ClH/c1-31-27-6-3-14-33(23-4-2-5-23)19-26(27)25-12-11-24(18-28(25)31)34-17-16-32(20-29(34)35)15-13-21-7-9-22(30)10-8-21;/h7-12,18,23H,2-6,13-17,19-20H2,1H3;1H. The van der Waals surface area contributed by atoms with E-state index in [9.17, 15) is 9.18 Å². The molecule has 3 aromatic rings. The van der Waals surface area contributed by atoms with Crippen LogP contribution in [0.15, 0.2) is 42.5 Å². The first-order valence-electron chi connectivity index (χ1n) is 13.2. The van der Waals surface area contributed by atoms with E-state index >= 15 is 0 Å². The maximum Gasteiger partial charge on any atom is 0.241 e. The molecule has 0 radical (unpaired) electrons. The molecular weight excluding hydrogens is 475 g/mol. The van der Waals surface area contributed by atoms with Crippen molar-refractivity contribution in [2.45, 2.75) is 51.1 Å². The summed E-state index contributed by atoms with van der Waals surface area (Å²) < 4.78 is 15.5. The fraction of sp³-hybridized carbons (Fsp3) is 0.483. The molecule has 5 nitrogen and oxygen atoms in total. The average Bonchev–Trinajstić information content (AvgIpc) is 2.96. The summed E-state index contributed by atoms with van der Waals surface area (Å²) in [5, 5.41) is 1.35. The van der Waals surface area contributed by atoms with Crippen molar-refractivity contribution in [3.63, 3.8) is 0 Å². The fourth-order valence-corrected chi connectivity index (χ4v) is 6.14. The molecule has 0 spiro atoms. The van der Waals surface area contributed by atoms with Gasteiger partial charge in [-0.15, -0.1) is 12.4 Å². The molecule has 3 heterocycles. The zero-order chi connectivity index (χ0) is 23.9. The van der Waals surface area contributed by atoms with E-state index in [4.69, 9.17) is 0 Å². The van der Waals surface area contributed by atoms with Crippen LogP contribution < -0.4 is 4.90 Å². The number of aromatic nitrogens is 1. The van der Waals surface area contributed by atoms with Crippen molar-refractivity contribution in [2.75, 3.05) is 37.6 Å². The molecule has 6 rings (SSSR count). The molecule has 2 aromatic carbocycles. The van der Waals surface area contributed by atoms with Gasteiger partial charge in [-0.05, 0) is 74.0 Å². The summed E-state index contributed by atoms with van der Waals surface area (Å²) in [6.07, 6.45) is 7.25.